The third-order valence-corrected chi connectivity index (χ3v) is 3.90. The van der Waals surface area contributed by atoms with Gasteiger partial charge in [0.05, 0.1) is 10.7 Å². The maximum absolute atomic E-state index is 6.29. The Morgan fingerprint density at radius 1 is 1.35 bits per heavy atom. The van der Waals surface area contributed by atoms with Gasteiger partial charge in [-0.05, 0) is 30.5 Å². The lowest BCUT2D eigenvalue weighted by Gasteiger charge is -2.33. The molecule has 2 nitrogen and oxygen atoms in total. The number of halogens is 2. The van der Waals surface area contributed by atoms with E-state index in [9.17, 15) is 0 Å². The molecule has 0 saturated carbocycles. The Morgan fingerprint density at radius 3 is 2.65 bits per heavy atom. The van der Waals surface area contributed by atoms with Crippen LogP contribution in [0.3, 0.4) is 0 Å². The first-order chi connectivity index (χ1) is 8.22. The molecule has 1 heterocycles. The van der Waals surface area contributed by atoms with Crippen molar-refractivity contribution in [2.45, 2.75) is 24.8 Å². The predicted octanol–water partition coefficient (Wildman–Crippen LogP) is 3.69. The third-order valence-electron chi connectivity index (χ3n) is 3.28. The van der Waals surface area contributed by atoms with Gasteiger partial charge in [0.15, 0.2) is 0 Å². The van der Waals surface area contributed by atoms with E-state index in [0.29, 0.717) is 11.9 Å². The van der Waals surface area contributed by atoms with Crippen LogP contribution in [-0.2, 0) is 10.6 Å². The summed E-state index contributed by atoms with van der Waals surface area (Å²) in [7, 11) is 2.09. The number of nitrogens with zero attached hydrogens (tertiary/aromatic N) is 1. The Morgan fingerprint density at radius 2 is 2.06 bits per heavy atom. The Bertz CT molecular complexity index is 378. The molecule has 0 N–H and O–H groups in total. The lowest BCUT2D eigenvalue weighted by Crippen LogP contribution is -2.36. The van der Waals surface area contributed by atoms with Gasteiger partial charge in [0.2, 0.25) is 0 Å². The second kappa shape index (κ2) is 5.94. The van der Waals surface area contributed by atoms with Crippen LogP contribution in [0.5, 0.6) is 0 Å². The van der Waals surface area contributed by atoms with Crippen molar-refractivity contribution in [1.82, 2.24) is 0 Å². The van der Waals surface area contributed by atoms with E-state index in [0.717, 1.165) is 42.3 Å². The molecule has 0 radical (unpaired) electrons. The van der Waals surface area contributed by atoms with E-state index < -0.39 is 0 Å². The van der Waals surface area contributed by atoms with Crippen molar-refractivity contribution in [3.63, 3.8) is 0 Å². The van der Waals surface area contributed by atoms with Gasteiger partial charge in [-0.25, -0.2) is 0 Å². The number of benzene rings is 1. The van der Waals surface area contributed by atoms with Gasteiger partial charge in [-0.1, -0.05) is 17.7 Å². The van der Waals surface area contributed by atoms with E-state index in [2.05, 4.69) is 18.0 Å². The minimum absolute atomic E-state index is 0.501. The molecule has 0 atom stereocenters. The highest BCUT2D eigenvalue weighted by molar-refractivity contribution is 6.33. The molecule has 94 valence electrons. The molecule has 0 bridgehead atoms. The van der Waals surface area contributed by atoms with Crippen molar-refractivity contribution in [1.29, 1.82) is 0 Å². The fraction of sp³-hybridized carbons (Fsp3) is 0.538. The lowest BCUT2D eigenvalue weighted by molar-refractivity contribution is 0.0855. The van der Waals surface area contributed by atoms with Crippen LogP contribution in [0.25, 0.3) is 0 Å². The van der Waals surface area contributed by atoms with Crippen LogP contribution in [-0.4, -0.2) is 26.3 Å². The van der Waals surface area contributed by atoms with Crippen molar-refractivity contribution >= 4 is 28.9 Å². The molecule has 4 heteroatoms. The first-order valence-corrected chi connectivity index (χ1v) is 6.78. The molecule has 1 aromatic rings. The van der Waals surface area contributed by atoms with E-state index in [1.54, 1.807) is 0 Å². The highest BCUT2D eigenvalue weighted by Crippen LogP contribution is 2.30. The minimum Gasteiger partial charge on any atom is -0.381 e. The number of alkyl halides is 1. The number of anilines is 1. The second-order valence-corrected chi connectivity index (χ2v) is 5.05. The molecule has 17 heavy (non-hydrogen) atoms. The van der Waals surface area contributed by atoms with Crippen LogP contribution < -0.4 is 4.90 Å². The van der Waals surface area contributed by atoms with Crippen LogP contribution in [0.1, 0.15) is 18.4 Å². The molecule has 1 aliphatic rings. The SMILES string of the molecule is CN(c1ccc(CCl)cc1Cl)C1CCOCC1. The third kappa shape index (κ3) is 3.06. The van der Waals surface area contributed by atoms with Crippen molar-refractivity contribution < 1.29 is 4.74 Å². The first kappa shape index (κ1) is 13.0. The van der Waals surface area contributed by atoms with Gasteiger partial charge >= 0.3 is 0 Å². The van der Waals surface area contributed by atoms with E-state index >= 15 is 0 Å². The standard InChI is InChI=1S/C13H17Cl2NO/c1-16(11-4-6-17-7-5-11)13-3-2-10(9-14)8-12(13)15/h2-3,8,11H,4-7,9H2,1H3. The van der Waals surface area contributed by atoms with Crippen LogP contribution >= 0.6 is 23.2 Å². The molecule has 1 saturated heterocycles. The summed E-state index contributed by atoms with van der Waals surface area (Å²) in [5, 5.41) is 0.775. The maximum Gasteiger partial charge on any atom is 0.0642 e. The van der Waals surface area contributed by atoms with Crippen molar-refractivity contribution in [2.75, 3.05) is 25.2 Å². The quantitative estimate of drug-likeness (QED) is 0.779. The maximum atomic E-state index is 6.29. The summed E-state index contributed by atoms with van der Waals surface area (Å²) in [5.74, 6) is 0.501. The average molecular weight is 274 g/mol. The monoisotopic (exact) mass is 273 g/mol. The van der Waals surface area contributed by atoms with Crippen molar-refractivity contribution in [3.05, 3.63) is 28.8 Å². The fourth-order valence-corrected chi connectivity index (χ4v) is 2.69. The molecule has 0 amide bonds. The topological polar surface area (TPSA) is 12.5 Å². The van der Waals surface area contributed by atoms with Crippen LogP contribution in [0.2, 0.25) is 5.02 Å². The molecule has 1 aromatic carbocycles. The summed E-state index contributed by atoms with van der Waals surface area (Å²) in [6.07, 6.45) is 2.12. The smallest absolute Gasteiger partial charge is 0.0642 e. The molecule has 1 fully saturated rings. The van der Waals surface area contributed by atoms with Crippen molar-refractivity contribution in [2.24, 2.45) is 0 Å². The van der Waals surface area contributed by atoms with Crippen LogP contribution in [0.15, 0.2) is 18.2 Å². The molecule has 0 unspecified atom stereocenters. The predicted molar refractivity (Wildman–Crippen MR) is 73.3 cm³/mol. The lowest BCUT2D eigenvalue weighted by atomic mass is 10.1. The minimum atomic E-state index is 0.501. The Labute approximate surface area is 112 Å². The summed E-state index contributed by atoms with van der Waals surface area (Å²) in [5.41, 5.74) is 2.13. The largest absolute Gasteiger partial charge is 0.381 e. The molecule has 0 spiro atoms. The zero-order chi connectivity index (χ0) is 12.3. The number of hydrogen-bond donors (Lipinski definition) is 0. The van der Waals surface area contributed by atoms with E-state index in [1.807, 2.05) is 12.1 Å². The molecule has 1 aliphatic heterocycles. The van der Waals surface area contributed by atoms with E-state index in [1.165, 1.54) is 0 Å². The van der Waals surface area contributed by atoms with Gasteiger partial charge < -0.3 is 9.64 Å². The van der Waals surface area contributed by atoms with Gasteiger partial charge in [0, 0.05) is 32.2 Å². The Hall–Kier alpha value is -0.440. The molecular formula is C13H17Cl2NO. The summed E-state index contributed by atoms with van der Waals surface area (Å²) in [4.78, 5) is 2.25. The number of ether oxygens (including phenoxy) is 1. The summed E-state index contributed by atoms with van der Waals surface area (Å²) >= 11 is 12.1. The zero-order valence-corrected chi connectivity index (χ0v) is 11.5. The zero-order valence-electron chi connectivity index (χ0n) is 9.96. The van der Waals surface area contributed by atoms with Gasteiger partial charge in [-0.3, -0.25) is 0 Å². The van der Waals surface area contributed by atoms with Crippen molar-refractivity contribution in [3.8, 4) is 0 Å². The second-order valence-electron chi connectivity index (χ2n) is 4.37. The van der Waals surface area contributed by atoms with Gasteiger partial charge in [-0.2, -0.15) is 0 Å². The highest BCUT2D eigenvalue weighted by atomic mass is 35.5. The van der Waals surface area contributed by atoms with Crippen LogP contribution in [0.4, 0.5) is 5.69 Å². The summed E-state index contributed by atoms with van der Waals surface area (Å²) in [6, 6.07) is 6.54. The normalized spacial score (nSPS) is 17.1. The van der Waals surface area contributed by atoms with Gasteiger partial charge in [0.25, 0.3) is 0 Å². The number of hydrogen-bond acceptors (Lipinski definition) is 2. The Balaban J connectivity index is 2.15. The van der Waals surface area contributed by atoms with E-state index in [4.69, 9.17) is 27.9 Å². The molecular weight excluding hydrogens is 257 g/mol. The summed E-state index contributed by atoms with van der Waals surface area (Å²) in [6.45, 7) is 1.68. The average Bonchev–Trinajstić information content (AvgIpc) is 2.39. The van der Waals surface area contributed by atoms with Crippen LogP contribution in [0, 0.1) is 0 Å². The first-order valence-electron chi connectivity index (χ1n) is 5.87. The molecule has 2 rings (SSSR count). The van der Waals surface area contributed by atoms with Gasteiger partial charge in [0.1, 0.15) is 0 Å². The molecule has 0 aromatic heterocycles. The van der Waals surface area contributed by atoms with E-state index in [-0.39, 0.29) is 0 Å². The Kier molecular flexibility index (Phi) is 4.55. The van der Waals surface area contributed by atoms with Gasteiger partial charge in [-0.15, -0.1) is 11.6 Å². The number of rotatable bonds is 3. The highest BCUT2D eigenvalue weighted by Gasteiger charge is 2.20. The molecule has 0 aliphatic carbocycles. The summed E-state index contributed by atoms with van der Waals surface area (Å²) < 4.78 is 5.38. The fourth-order valence-electron chi connectivity index (χ4n) is 2.19.